The van der Waals surface area contributed by atoms with Crippen LogP contribution in [0.4, 0.5) is 5.82 Å². The number of likely N-dealkylation sites (tertiary alicyclic amines) is 1. The average molecular weight is 559 g/mol. The van der Waals surface area contributed by atoms with Gasteiger partial charge in [-0.25, -0.2) is 4.98 Å². The molecule has 3 aromatic rings. The van der Waals surface area contributed by atoms with Crippen molar-refractivity contribution in [2.45, 2.75) is 12.1 Å². The number of likely N-dealkylation sites (N-methyl/N-ethyl adjacent to an activating group) is 1. The van der Waals surface area contributed by atoms with E-state index >= 15 is 0 Å². The molecule has 38 heavy (non-hydrogen) atoms. The minimum Gasteiger partial charge on any atom is -0.495 e. The van der Waals surface area contributed by atoms with E-state index < -0.39 is 0 Å². The number of ether oxygens (including phenoxy) is 2. The molecule has 1 saturated heterocycles. The zero-order valence-corrected chi connectivity index (χ0v) is 23.4. The number of halogens is 2. The van der Waals surface area contributed by atoms with Crippen LogP contribution in [0.5, 0.6) is 11.5 Å². The fourth-order valence-corrected chi connectivity index (χ4v) is 5.19. The number of anilines is 1. The van der Waals surface area contributed by atoms with Crippen LogP contribution in [-0.2, 0) is 4.79 Å². The Labute approximate surface area is 232 Å². The van der Waals surface area contributed by atoms with E-state index in [4.69, 9.17) is 32.7 Å². The molecule has 1 fully saturated rings. The van der Waals surface area contributed by atoms with Crippen molar-refractivity contribution >= 4 is 45.7 Å². The molecule has 9 nitrogen and oxygen atoms in total. The summed E-state index contributed by atoms with van der Waals surface area (Å²) in [5.41, 5.74) is 1.10. The summed E-state index contributed by atoms with van der Waals surface area (Å²) in [6, 6.07) is 5.37. The van der Waals surface area contributed by atoms with E-state index in [1.165, 1.54) is 20.3 Å². The molecule has 0 aliphatic carbocycles. The highest BCUT2D eigenvalue weighted by atomic mass is 35.5. The van der Waals surface area contributed by atoms with Crippen molar-refractivity contribution in [3.63, 3.8) is 0 Å². The van der Waals surface area contributed by atoms with Gasteiger partial charge in [0.05, 0.1) is 42.0 Å². The first-order valence-electron chi connectivity index (χ1n) is 12.2. The topological polar surface area (TPSA) is 91.9 Å². The fraction of sp³-hybridized carbons (Fsp3) is 0.370. The molecule has 1 aromatic carbocycles. The maximum absolute atomic E-state index is 12.0. The number of hydrogen-bond donors (Lipinski definition) is 2. The fourth-order valence-electron chi connectivity index (χ4n) is 4.50. The molecule has 0 unspecified atom stereocenters. The van der Waals surface area contributed by atoms with Crippen molar-refractivity contribution in [3.8, 4) is 22.8 Å². The molecular weight excluding hydrogens is 527 g/mol. The summed E-state index contributed by atoms with van der Waals surface area (Å²) in [6.45, 7) is 6.95. The van der Waals surface area contributed by atoms with Gasteiger partial charge in [-0.15, -0.1) is 0 Å². The number of carbonyl (C=O) groups excluding carboxylic acids is 1. The van der Waals surface area contributed by atoms with Gasteiger partial charge in [-0.05, 0) is 32.3 Å². The minimum absolute atomic E-state index is 0.0138. The van der Waals surface area contributed by atoms with Crippen molar-refractivity contribution in [2.24, 2.45) is 0 Å². The Morgan fingerprint density at radius 3 is 2.34 bits per heavy atom. The van der Waals surface area contributed by atoms with Crippen LogP contribution in [0.1, 0.15) is 0 Å². The molecule has 0 bridgehead atoms. The minimum atomic E-state index is -0.189. The van der Waals surface area contributed by atoms with Crippen LogP contribution in [0, 0.1) is 0 Å². The van der Waals surface area contributed by atoms with Gasteiger partial charge in [0, 0.05) is 61.0 Å². The highest BCUT2D eigenvalue weighted by Gasteiger charge is 2.33. The zero-order valence-electron chi connectivity index (χ0n) is 21.9. The Hall–Kier alpha value is -3.11. The summed E-state index contributed by atoms with van der Waals surface area (Å²) < 4.78 is 10.8. The van der Waals surface area contributed by atoms with E-state index in [9.17, 15) is 4.79 Å². The number of aromatic nitrogens is 2. The van der Waals surface area contributed by atoms with Gasteiger partial charge < -0.3 is 25.0 Å². The van der Waals surface area contributed by atoms with Crippen molar-refractivity contribution in [1.29, 1.82) is 0 Å². The summed E-state index contributed by atoms with van der Waals surface area (Å²) in [5, 5.41) is 9.01. The standard InChI is InChI=1S/C27H32Cl2N6O3/c1-6-24(36)33-20-15-35(8-7-34(2)3)14-19(20)32-23-10-17-12-30-18(9-16(17)13-31-23)25-26(28)21(37-4)11-22(38-5)27(25)29/h6,9-13,19-20H,1,7-8,14-15H2,2-5H3,(H,31,32)(H,33,36)/t19-,20+/m1/s1. The first-order chi connectivity index (χ1) is 18.2. The van der Waals surface area contributed by atoms with Gasteiger partial charge in [0.1, 0.15) is 17.3 Å². The SMILES string of the molecule is C=CC(=O)N[C@H]1CN(CCN(C)C)C[C@H]1Nc1cc2cnc(-c3c(Cl)c(OC)cc(OC)c3Cl)cc2cn1. The Kier molecular flexibility index (Phi) is 8.94. The normalized spacial score (nSPS) is 17.6. The lowest BCUT2D eigenvalue weighted by Gasteiger charge is -2.21. The van der Waals surface area contributed by atoms with Crippen LogP contribution in [-0.4, -0.2) is 92.3 Å². The van der Waals surface area contributed by atoms with E-state index in [1.54, 1.807) is 18.5 Å². The molecule has 0 saturated carbocycles. The monoisotopic (exact) mass is 558 g/mol. The largest absolute Gasteiger partial charge is 0.495 e. The van der Waals surface area contributed by atoms with E-state index in [0.29, 0.717) is 38.6 Å². The molecule has 4 rings (SSSR count). The number of benzene rings is 1. The molecular formula is C27H32Cl2N6O3. The van der Waals surface area contributed by atoms with Gasteiger partial charge in [0.15, 0.2) is 0 Å². The lowest BCUT2D eigenvalue weighted by Crippen LogP contribution is -2.45. The van der Waals surface area contributed by atoms with Crippen LogP contribution >= 0.6 is 23.2 Å². The highest BCUT2D eigenvalue weighted by molar-refractivity contribution is 6.41. The third kappa shape index (κ3) is 6.13. The summed E-state index contributed by atoms with van der Waals surface area (Å²) in [7, 11) is 7.16. The molecule has 0 radical (unpaired) electrons. The smallest absolute Gasteiger partial charge is 0.243 e. The quantitative estimate of drug-likeness (QED) is 0.361. The number of methoxy groups -OCH3 is 2. The van der Waals surface area contributed by atoms with Gasteiger partial charge in [0.2, 0.25) is 5.91 Å². The predicted molar refractivity (Wildman–Crippen MR) is 153 cm³/mol. The number of carbonyl (C=O) groups is 1. The number of nitrogens with zero attached hydrogens (tertiary/aromatic N) is 4. The Balaban J connectivity index is 1.59. The van der Waals surface area contributed by atoms with Crippen LogP contribution in [0.2, 0.25) is 10.0 Å². The third-order valence-electron chi connectivity index (χ3n) is 6.54. The van der Waals surface area contributed by atoms with Crippen molar-refractivity contribution in [1.82, 2.24) is 25.1 Å². The second-order valence-corrected chi connectivity index (χ2v) is 10.2. The van der Waals surface area contributed by atoms with Gasteiger partial charge in [-0.2, -0.15) is 0 Å². The molecule has 3 heterocycles. The van der Waals surface area contributed by atoms with Crippen LogP contribution < -0.4 is 20.1 Å². The maximum atomic E-state index is 12.0. The maximum Gasteiger partial charge on any atom is 0.243 e. The number of fused-ring (bicyclic) bond motifs is 1. The summed E-state index contributed by atoms with van der Waals surface area (Å²) in [5.74, 6) is 1.39. The van der Waals surface area contributed by atoms with Gasteiger partial charge in [-0.3, -0.25) is 14.7 Å². The van der Waals surface area contributed by atoms with Crippen molar-refractivity contribution in [3.05, 3.63) is 53.3 Å². The van der Waals surface area contributed by atoms with Crippen LogP contribution in [0.15, 0.2) is 43.2 Å². The predicted octanol–water partition coefficient (Wildman–Crippen LogP) is 3.95. The molecule has 2 atom stereocenters. The first kappa shape index (κ1) is 27.9. The summed E-state index contributed by atoms with van der Waals surface area (Å²) in [4.78, 5) is 25.8. The van der Waals surface area contributed by atoms with E-state index in [1.807, 2.05) is 26.2 Å². The number of rotatable bonds is 10. The van der Waals surface area contributed by atoms with Crippen LogP contribution in [0.25, 0.3) is 22.0 Å². The average Bonchev–Trinajstić information content (AvgIpc) is 3.28. The first-order valence-corrected chi connectivity index (χ1v) is 12.9. The number of pyridine rings is 2. The van der Waals surface area contributed by atoms with Crippen LogP contribution in [0.3, 0.4) is 0 Å². The van der Waals surface area contributed by atoms with E-state index in [-0.39, 0.29) is 18.0 Å². The molecule has 1 aliphatic heterocycles. The third-order valence-corrected chi connectivity index (χ3v) is 7.29. The molecule has 2 N–H and O–H groups in total. The second kappa shape index (κ2) is 12.2. The van der Waals surface area contributed by atoms with Gasteiger partial charge in [-0.1, -0.05) is 29.8 Å². The lowest BCUT2D eigenvalue weighted by molar-refractivity contribution is -0.117. The van der Waals surface area contributed by atoms with Crippen molar-refractivity contribution < 1.29 is 14.3 Å². The van der Waals surface area contributed by atoms with Crippen molar-refractivity contribution in [2.75, 3.05) is 59.8 Å². The number of hydrogen-bond acceptors (Lipinski definition) is 8. The molecule has 2 aromatic heterocycles. The highest BCUT2D eigenvalue weighted by Crippen LogP contribution is 2.45. The molecule has 11 heteroatoms. The van der Waals surface area contributed by atoms with E-state index in [2.05, 4.69) is 37.0 Å². The van der Waals surface area contributed by atoms with Gasteiger partial charge >= 0.3 is 0 Å². The number of nitrogens with one attached hydrogen (secondary N) is 2. The van der Waals surface area contributed by atoms with E-state index in [0.717, 1.165) is 37.0 Å². The zero-order chi connectivity index (χ0) is 27.4. The molecule has 1 aliphatic rings. The number of amides is 1. The summed E-state index contributed by atoms with van der Waals surface area (Å²) >= 11 is 13.2. The Bertz CT molecular complexity index is 1310. The molecule has 1 amide bonds. The van der Waals surface area contributed by atoms with Gasteiger partial charge in [0.25, 0.3) is 0 Å². The molecule has 0 spiro atoms. The Morgan fingerprint density at radius 2 is 1.71 bits per heavy atom. The Morgan fingerprint density at radius 1 is 1.08 bits per heavy atom. The second-order valence-electron chi connectivity index (χ2n) is 9.40. The molecule has 202 valence electrons. The summed E-state index contributed by atoms with van der Waals surface area (Å²) in [6.07, 6.45) is 4.83. The lowest BCUT2D eigenvalue weighted by atomic mass is 10.1.